The summed E-state index contributed by atoms with van der Waals surface area (Å²) in [5, 5.41) is 19.6. The van der Waals surface area contributed by atoms with E-state index in [0.29, 0.717) is 74.2 Å². The van der Waals surface area contributed by atoms with E-state index in [9.17, 15) is 52.7 Å². The number of primary amides is 1. The van der Waals surface area contributed by atoms with Crippen LogP contribution in [0.15, 0.2) is 103 Å². The van der Waals surface area contributed by atoms with Gasteiger partial charge in [0.25, 0.3) is 5.91 Å². The monoisotopic (exact) mass is 1450 g/mol. The average Bonchev–Trinajstić information content (AvgIpc) is 0.973. The second kappa shape index (κ2) is 42.5. The summed E-state index contributed by atoms with van der Waals surface area (Å²) in [7, 11) is 7.79. The molecule has 572 valence electrons. The molecule has 1 fully saturated rings. The zero-order valence-corrected chi connectivity index (χ0v) is 63.3. The highest BCUT2D eigenvalue weighted by atomic mass is 16.5. The maximum Gasteiger partial charge on any atom is 0.411 e. The molecule has 0 aliphatic carbocycles. The topological polar surface area (TPSA) is 348 Å². The van der Waals surface area contributed by atoms with Gasteiger partial charge < -0.3 is 71.3 Å². The van der Waals surface area contributed by atoms with Crippen LogP contribution in [0.3, 0.4) is 0 Å². The first-order chi connectivity index (χ1) is 49.4. The van der Waals surface area contributed by atoms with Crippen LogP contribution < -0.4 is 43.0 Å². The van der Waals surface area contributed by atoms with Crippen LogP contribution in [0.1, 0.15) is 143 Å². The number of likely N-dealkylation sites (tertiary alicyclic amines) is 1. The molecule has 5 rings (SSSR count). The van der Waals surface area contributed by atoms with Crippen molar-refractivity contribution in [3.8, 4) is 0 Å². The van der Waals surface area contributed by atoms with Gasteiger partial charge in [-0.25, -0.2) is 14.4 Å². The molecule has 27 heteroatoms. The largest absolute Gasteiger partial charge is 0.467 e. The first kappa shape index (κ1) is 85.4. The van der Waals surface area contributed by atoms with Gasteiger partial charge in [-0.2, -0.15) is 0 Å². The van der Waals surface area contributed by atoms with Crippen LogP contribution in [0.5, 0.6) is 0 Å². The van der Waals surface area contributed by atoms with Crippen LogP contribution in [-0.4, -0.2) is 195 Å². The highest BCUT2D eigenvalue weighted by Gasteiger charge is 2.44. The fourth-order valence-electron chi connectivity index (χ4n) is 13.4. The predicted octanol–water partition coefficient (Wildman–Crippen LogP) is 7.34. The van der Waals surface area contributed by atoms with Gasteiger partial charge in [-0.05, 0) is 116 Å². The number of methoxy groups -OCH3 is 3. The van der Waals surface area contributed by atoms with E-state index in [1.165, 1.54) is 27.4 Å². The lowest BCUT2D eigenvalue weighted by Gasteiger charge is -2.41. The summed E-state index contributed by atoms with van der Waals surface area (Å²) in [6.45, 7) is 21.9. The van der Waals surface area contributed by atoms with Crippen molar-refractivity contribution in [3.05, 3.63) is 120 Å². The van der Waals surface area contributed by atoms with E-state index >= 15 is 0 Å². The number of hydrogen-bond acceptors (Lipinski definition) is 16. The Hall–Kier alpha value is -9.21. The predicted molar refractivity (Wildman–Crippen MR) is 396 cm³/mol. The van der Waals surface area contributed by atoms with Crippen molar-refractivity contribution in [2.75, 3.05) is 65.7 Å². The minimum absolute atomic E-state index is 0.0815. The summed E-state index contributed by atoms with van der Waals surface area (Å²) < 4.78 is 22.8. The summed E-state index contributed by atoms with van der Waals surface area (Å²) >= 11 is 0. The van der Waals surface area contributed by atoms with Crippen molar-refractivity contribution >= 4 is 76.7 Å². The number of esters is 1. The van der Waals surface area contributed by atoms with Gasteiger partial charge in [0, 0.05) is 83.4 Å². The lowest BCUT2D eigenvalue weighted by molar-refractivity contribution is -0.149. The summed E-state index contributed by atoms with van der Waals surface area (Å²) in [4.78, 5) is 155. The quantitative estimate of drug-likeness (QED) is 0.0203. The summed E-state index contributed by atoms with van der Waals surface area (Å²) in [5.41, 5.74) is 8.90. The molecule has 27 nitrogen and oxygen atoms in total. The number of nitrogens with zero attached hydrogens (tertiary/aromatic N) is 4. The number of nitrogens with one attached hydrogen (secondary N) is 7. The zero-order valence-electron chi connectivity index (χ0n) is 63.3. The number of ether oxygens (including phenoxy) is 4. The van der Waals surface area contributed by atoms with Crippen molar-refractivity contribution in [2.45, 2.75) is 201 Å². The second-order valence-corrected chi connectivity index (χ2v) is 28.2. The van der Waals surface area contributed by atoms with Crippen molar-refractivity contribution in [3.63, 3.8) is 0 Å². The standard InChI is InChI=1S/C77H114N12O15/c1-16-50(8)68(61(101-13)44-64(92)89-41-25-31-60(89)69(102-14)52(10)70(93)83-59(75(98)103-15)43-53-26-19-17-20-27-53)87(12)74(97)66(48(4)5)85-73(96)67(49(6)7)86(11)45-55-28-23-29-57(42-55)81-77(100)104-46-54-34-36-56(37-35-54)80-71(94)58(30-24-39-79-76(78)99)82-72(95)65(47(2)3)84-62(90)32-21-18-22-40-88-51(9)33-38-63(88)91/h17,19-20,23,26-29,33-38,42,47-50,52,58-61,65-69H,9,16,18,21-22,24-25,30-32,39-41,43-46H2,1-8,10-15H3,(H,80,94)(H,81,100)(H,82,95)(H,83,93)(H,84,90)(H,85,96)(H3,78,79,99)/t50-,52+,58-,59-,60-,61+,65-,66-,67-,68-,69+/m0/s1. The molecule has 11 amide bonds. The van der Waals surface area contributed by atoms with Crippen LogP contribution >= 0.6 is 0 Å². The minimum atomic E-state index is -1.07. The van der Waals surface area contributed by atoms with Gasteiger partial charge >= 0.3 is 18.1 Å². The van der Waals surface area contributed by atoms with Crippen molar-refractivity contribution in [2.24, 2.45) is 35.3 Å². The molecular weight excluding hydrogens is 1330 g/mol. The highest BCUT2D eigenvalue weighted by Crippen LogP contribution is 2.31. The third-order valence-electron chi connectivity index (χ3n) is 19.3. The van der Waals surface area contributed by atoms with E-state index in [2.05, 4.69) is 43.8 Å². The molecule has 2 aliphatic rings. The molecule has 0 aromatic heterocycles. The number of carbonyl (C=O) groups excluding carboxylic acids is 11. The molecule has 9 N–H and O–H groups in total. The summed E-state index contributed by atoms with van der Waals surface area (Å²) in [6.07, 6.45) is 5.37. The van der Waals surface area contributed by atoms with Crippen LogP contribution in [-0.2, 0) is 81.7 Å². The van der Waals surface area contributed by atoms with Gasteiger partial charge in [-0.3, -0.25) is 48.6 Å². The van der Waals surface area contributed by atoms with E-state index < -0.39 is 96.2 Å². The smallest absolute Gasteiger partial charge is 0.411 e. The lowest BCUT2D eigenvalue weighted by atomic mass is 9.89. The Kier molecular flexibility index (Phi) is 34.9. The molecule has 3 aromatic rings. The zero-order chi connectivity index (χ0) is 76.9. The van der Waals surface area contributed by atoms with Gasteiger partial charge in [-0.1, -0.05) is 136 Å². The second-order valence-electron chi connectivity index (χ2n) is 28.2. The Morgan fingerprint density at radius 1 is 0.683 bits per heavy atom. The number of amides is 11. The molecule has 0 spiro atoms. The number of likely N-dealkylation sites (N-methyl/N-ethyl adjacent to an activating group) is 2. The SMILES string of the molecule is C=C1C=CC(=O)N1CCCCCC(=O)N[C@H](C(=O)N[C@@H](CCCNC(N)=O)C(=O)Nc1ccc(COC(=O)Nc2cccc(CN(C)[C@H](C(=O)N[C@H](C(=O)N(C)[C@@H]([C@@H](C)CC)[C@@H](CC(=O)N3CCC[C@H]3[C@H](OC)[C@@H](C)C(=O)N[C@@H](Cc3ccccc3)C(=O)OC)OC)C(C)C)C(C)C)c2)cc1)C(C)C. The first-order valence-corrected chi connectivity index (χ1v) is 36.2. The number of unbranched alkanes of at least 4 members (excludes halogenated alkanes) is 2. The van der Waals surface area contributed by atoms with Gasteiger partial charge in [0.1, 0.15) is 30.8 Å². The molecule has 2 heterocycles. The van der Waals surface area contributed by atoms with E-state index in [4.69, 9.17) is 24.7 Å². The van der Waals surface area contributed by atoms with E-state index in [0.717, 1.165) is 11.1 Å². The lowest BCUT2D eigenvalue weighted by Crippen LogP contribution is -2.60. The normalized spacial score (nSPS) is 16.5. The Labute approximate surface area is 613 Å². The maximum absolute atomic E-state index is 14.9. The van der Waals surface area contributed by atoms with Crippen LogP contribution in [0.4, 0.5) is 21.0 Å². The summed E-state index contributed by atoms with van der Waals surface area (Å²) in [6, 6.07) is 16.5. The number of urea groups is 1. The third kappa shape index (κ3) is 25.9. The molecule has 0 saturated carbocycles. The number of benzene rings is 3. The molecule has 0 bridgehead atoms. The van der Waals surface area contributed by atoms with E-state index in [-0.39, 0.29) is 105 Å². The van der Waals surface area contributed by atoms with Gasteiger partial charge in [0.05, 0.1) is 49.8 Å². The third-order valence-corrected chi connectivity index (χ3v) is 19.3. The fraction of sp³-hybridized carbons (Fsp3) is 0.571. The highest BCUT2D eigenvalue weighted by molar-refractivity contribution is 5.99. The van der Waals surface area contributed by atoms with E-state index in [1.807, 2.05) is 89.9 Å². The Morgan fingerprint density at radius 2 is 1.36 bits per heavy atom. The van der Waals surface area contributed by atoms with Crippen LogP contribution in [0, 0.1) is 29.6 Å². The number of anilines is 2. The number of allylic oxidation sites excluding steroid dienone is 1. The van der Waals surface area contributed by atoms with Crippen LogP contribution in [0.2, 0.25) is 0 Å². The number of carbonyl (C=O) groups is 11. The summed E-state index contributed by atoms with van der Waals surface area (Å²) in [5.74, 6) is -5.33. The molecule has 11 atom stereocenters. The van der Waals surface area contributed by atoms with E-state index in [1.54, 1.807) is 91.1 Å². The Balaban J connectivity index is 1.15. The molecule has 3 aromatic carbocycles. The van der Waals surface area contributed by atoms with Crippen molar-refractivity contribution in [1.82, 2.24) is 46.2 Å². The molecule has 104 heavy (non-hydrogen) atoms. The molecule has 1 saturated heterocycles. The number of rotatable bonds is 42. The number of hydrogen-bond donors (Lipinski definition) is 8. The number of nitrogens with two attached hydrogens (primary N) is 1. The van der Waals surface area contributed by atoms with Crippen LogP contribution in [0.25, 0.3) is 0 Å². The first-order valence-electron chi connectivity index (χ1n) is 36.2. The van der Waals surface area contributed by atoms with Gasteiger partial charge in [-0.15, -0.1) is 0 Å². The molecule has 2 aliphatic heterocycles. The Morgan fingerprint density at radius 3 is 1.96 bits per heavy atom. The van der Waals surface area contributed by atoms with Gasteiger partial charge in [0.2, 0.25) is 41.4 Å². The van der Waals surface area contributed by atoms with Crippen molar-refractivity contribution < 1.29 is 71.7 Å². The Bertz CT molecular complexity index is 3390. The fourth-order valence-corrected chi connectivity index (χ4v) is 13.4. The average molecular weight is 1450 g/mol. The van der Waals surface area contributed by atoms with Gasteiger partial charge in [0.15, 0.2) is 0 Å². The molecule has 0 unspecified atom stereocenters. The minimum Gasteiger partial charge on any atom is -0.467 e. The molecular formula is C77H114N12O15. The molecule has 0 radical (unpaired) electrons. The maximum atomic E-state index is 14.9. The van der Waals surface area contributed by atoms with Crippen molar-refractivity contribution in [1.29, 1.82) is 0 Å².